The van der Waals surface area contributed by atoms with Crippen molar-refractivity contribution in [2.75, 3.05) is 5.32 Å². The normalized spacial score (nSPS) is 10.7. The highest BCUT2D eigenvalue weighted by molar-refractivity contribution is 6.03. The zero-order valence-corrected chi connectivity index (χ0v) is 13.8. The van der Waals surface area contributed by atoms with Crippen molar-refractivity contribution in [2.24, 2.45) is 0 Å². The van der Waals surface area contributed by atoms with Crippen LogP contribution >= 0.6 is 0 Å². The van der Waals surface area contributed by atoms with Gasteiger partial charge in [-0.1, -0.05) is 0 Å². The molecule has 0 spiro atoms. The molecule has 25 heavy (non-hydrogen) atoms. The van der Waals surface area contributed by atoms with E-state index in [2.05, 4.69) is 15.4 Å². The summed E-state index contributed by atoms with van der Waals surface area (Å²) < 4.78 is 28.6. The molecule has 0 bridgehead atoms. The van der Waals surface area contributed by atoms with Gasteiger partial charge < -0.3 is 5.32 Å². The molecular weight excluding hydrogens is 326 g/mol. The number of benzene rings is 1. The first-order valence-electron chi connectivity index (χ1n) is 7.64. The SMILES string of the molecule is Cc1ccc(C(=O)Nc2c(C)cnn2Cc2cc(F)ccc2F)cn1. The Morgan fingerprint density at radius 2 is 1.96 bits per heavy atom. The zero-order valence-electron chi connectivity index (χ0n) is 13.8. The lowest BCUT2D eigenvalue weighted by Crippen LogP contribution is -2.17. The van der Waals surface area contributed by atoms with Gasteiger partial charge in [-0.3, -0.25) is 9.78 Å². The summed E-state index contributed by atoms with van der Waals surface area (Å²) in [5, 5.41) is 6.89. The molecule has 0 radical (unpaired) electrons. The van der Waals surface area contributed by atoms with E-state index in [0.29, 0.717) is 16.9 Å². The van der Waals surface area contributed by atoms with Crippen LogP contribution in [0, 0.1) is 25.5 Å². The minimum atomic E-state index is -0.533. The van der Waals surface area contributed by atoms with Crippen LogP contribution in [0.2, 0.25) is 0 Å². The molecule has 0 aliphatic heterocycles. The van der Waals surface area contributed by atoms with Crippen molar-refractivity contribution in [1.29, 1.82) is 0 Å². The molecule has 2 aromatic heterocycles. The standard InChI is InChI=1S/C18H16F2N4O/c1-11-8-22-24(10-14-7-15(19)5-6-16(14)20)17(11)23-18(25)13-4-3-12(2)21-9-13/h3-9H,10H2,1-2H3,(H,23,25). The number of halogens is 2. The van der Waals surface area contributed by atoms with Gasteiger partial charge in [0.25, 0.3) is 5.91 Å². The average molecular weight is 342 g/mol. The van der Waals surface area contributed by atoms with Crippen molar-refractivity contribution in [2.45, 2.75) is 20.4 Å². The predicted molar refractivity (Wildman–Crippen MR) is 89.4 cm³/mol. The molecule has 0 aliphatic rings. The summed E-state index contributed by atoms with van der Waals surface area (Å²) in [5.74, 6) is -0.988. The van der Waals surface area contributed by atoms with Crippen LogP contribution in [-0.4, -0.2) is 20.7 Å². The molecule has 0 fully saturated rings. The number of nitrogens with one attached hydrogen (secondary N) is 1. The molecule has 0 unspecified atom stereocenters. The van der Waals surface area contributed by atoms with E-state index in [9.17, 15) is 13.6 Å². The number of aromatic nitrogens is 3. The van der Waals surface area contributed by atoms with Crippen molar-refractivity contribution in [1.82, 2.24) is 14.8 Å². The summed E-state index contributed by atoms with van der Waals surface area (Å²) in [6.45, 7) is 3.60. The molecule has 0 saturated carbocycles. The summed E-state index contributed by atoms with van der Waals surface area (Å²) in [7, 11) is 0. The van der Waals surface area contributed by atoms with Gasteiger partial charge >= 0.3 is 0 Å². The number of carbonyl (C=O) groups is 1. The summed E-state index contributed by atoms with van der Waals surface area (Å²) >= 11 is 0. The van der Waals surface area contributed by atoms with Gasteiger partial charge in [-0.15, -0.1) is 0 Å². The Labute approximate surface area is 143 Å². The molecule has 1 N–H and O–H groups in total. The first-order valence-corrected chi connectivity index (χ1v) is 7.64. The number of hydrogen-bond acceptors (Lipinski definition) is 3. The first-order chi connectivity index (χ1) is 11.9. The summed E-state index contributed by atoms with van der Waals surface area (Å²) in [6, 6.07) is 6.64. The highest BCUT2D eigenvalue weighted by Gasteiger charge is 2.15. The van der Waals surface area contributed by atoms with Crippen LogP contribution in [0.1, 0.15) is 27.2 Å². The van der Waals surface area contributed by atoms with E-state index in [-0.39, 0.29) is 18.0 Å². The van der Waals surface area contributed by atoms with Gasteiger partial charge in [0.2, 0.25) is 0 Å². The van der Waals surface area contributed by atoms with Crippen LogP contribution in [0.25, 0.3) is 0 Å². The minimum Gasteiger partial charge on any atom is -0.306 e. The third-order valence-corrected chi connectivity index (χ3v) is 3.76. The molecule has 5 nitrogen and oxygen atoms in total. The van der Waals surface area contributed by atoms with Gasteiger partial charge in [0.1, 0.15) is 17.5 Å². The van der Waals surface area contributed by atoms with Crippen LogP contribution in [0.3, 0.4) is 0 Å². The number of carbonyl (C=O) groups excluding carboxylic acids is 1. The van der Waals surface area contributed by atoms with E-state index in [1.165, 1.54) is 10.9 Å². The smallest absolute Gasteiger partial charge is 0.258 e. The molecule has 1 amide bonds. The van der Waals surface area contributed by atoms with Crippen LogP contribution < -0.4 is 5.32 Å². The van der Waals surface area contributed by atoms with Gasteiger partial charge in [0, 0.05) is 23.0 Å². The van der Waals surface area contributed by atoms with E-state index >= 15 is 0 Å². The van der Waals surface area contributed by atoms with E-state index in [1.807, 2.05) is 6.92 Å². The fourth-order valence-electron chi connectivity index (χ4n) is 2.37. The fraction of sp³-hybridized carbons (Fsp3) is 0.167. The van der Waals surface area contributed by atoms with Crippen molar-refractivity contribution >= 4 is 11.7 Å². The molecular formula is C18H16F2N4O. The van der Waals surface area contributed by atoms with E-state index in [4.69, 9.17) is 0 Å². The Kier molecular flexibility index (Phi) is 4.56. The second-order valence-corrected chi connectivity index (χ2v) is 5.71. The Bertz CT molecular complexity index is 919. The van der Waals surface area contributed by atoms with Crippen LogP contribution in [0.15, 0.2) is 42.7 Å². The average Bonchev–Trinajstić information content (AvgIpc) is 2.92. The van der Waals surface area contributed by atoms with Crippen molar-refractivity contribution in [3.8, 4) is 0 Å². The molecule has 2 heterocycles. The highest BCUT2D eigenvalue weighted by Crippen LogP contribution is 2.19. The van der Waals surface area contributed by atoms with E-state index in [1.54, 1.807) is 25.3 Å². The van der Waals surface area contributed by atoms with Crippen molar-refractivity contribution in [3.63, 3.8) is 0 Å². The second kappa shape index (κ2) is 6.80. The van der Waals surface area contributed by atoms with Crippen LogP contribution in [0.5, 0.6) is 0 Å². The Morgan fingerprint density at radius 1 is 1.16 bits per heavy atom. The number of pyridine rings is 1. The number of nitrogens with zero attached hydrogens (tertiary/aromatic N) is 3. The van der Waals surface area contributed by atoms with Gasteiger partial charge in [-0.2, -0.15) is 5.10 Å². The van der Waals surface area contributed by atoms with Crippen molar-refractivity contribution < 1.29 is 13.6 Å². The Hall–Kier alpha value is -3.09. The Balaban J connectivity index is 1.85. The monoisotopic (exact) mass is 342 g/mol. The number of rotatable bonds is 4. The third kappa shape index (κ3) is 3.71. The zero-order chi connectivity index (χ0) is 18.0. The molecule has 3 rings (SSSR count). The Morgan fingerprint density at radius 3 is 2.68 bits per heavy atom. The number of aryl methyl sites for hydroxylation is 2. The first kappa shape index (κ1) is 16.8. The largest absolute Gasteiger partial charge is 0.306 e. The maximum atomic E-state index is 13.9. The number of amides is 1. The molecule has 0 aliphatic carbocycles. The highest BCUT2D eigenvalue weighted by atomic mass is 19.1. The molecule has 1 aromatic carbocycles. The van der Waals surface area contributed by atoms with Crippen LogP contribution in [-0.2, 0) is 6.54 Å². The van der Waals surface area contributed by atoms with Crippen molar-refractivity contribution in [3.05, 3.63) is 76.7 Å². The summed E-state index contributed by atoms with van der Waals surface area (Å²) in [6.07, 6.45) is 3.03. The molecule has 3 aromatic rings. The maximum absolute atomic E-state index is 13.9. The molecule has 128 valence electrons. The van der Waals surface area contributed by atoms with Gasteiger partial charge in [0.15, 0.2) is 0 Å². The van der Waals surface area contributed by atoms with Crippen LogP contribution in [0.4, 0.5) is 14.6 Å². The quantitative estimate of drug-likeness (QED) is 0.790. The van der Waals surface area contributed by atoms with Gasteiger partial charge in [-0.05, 0) is 44.2 Å². The molecule has 0 atom stereocenters. The lowest BCUT2D eigenvalue weighted by atomic mass is 10.2. The lowest BCUT2D eigenvalue weighted by Gasteiger charge is -2.11. The molecule has 0 saturated heterocycles. The lowest BCUT2D eigenvalue weighted by molar-refractivity contribution is 0.102. The minimum absolute atomic E-state index is 0.000799. The van der Waals surface area contributed by atoms with E-state index in [0.717, 1.165) is 23.9 Å². The molecule has 7 heteroatoms. The fourth-order valence-corrected chi connectivity index (χ4v) is 2.37. The number of anilines is 1. The maximum Gasteiger partial charge on any atom is 0.258 e. The summed E-state index contributed by atoms with van der Waals surface area (Å²) in [5.41, 5.74) is 2.06. The van der Waals surface area contributed by atoms with Gasteiger partial charge in [0.05, 0.1) is 18.3 Å². The van der Waals surface area contributed by atoms with E-state index < -0.39 is 11.6 Å². The number of hydrogen-bond donors (Lipinski definition) is 1. The summed E-state index contributed by atoms with van der Waals surface area (Å²) in [4.78, 5) is 16.5. The topological polar surface area (TPSA) is 59.8 Å². The second-order valence-electron chi connectivity index (χ2n) is 5.71. The van der Waals surface area contributed by atoms with Gasteiger partial charge in [-0.25, -0.2) is 13.5 Å². The third-order valence-electron chi connectivity index (χ3n) is 3.76. The predicted octanol–water partition coefficient (Wildman–Crippen LogP) is 3.47.